The molecule has 10 rings (SSSR count). The van der Waals surface area contributed by atoms with Crippen molar-refractivity contribution in [2.45, 2.75) is 162 Å². The number of fused-ring (bicyclic) bond motifs is 3. The minimum atomic E-state index is 0.150. The van der Waals surface area contributed by atoms with Gasteiger partial charge in [-0.1, -0.05) is 242 Å². The summed E-state index contributed by atoms with van der Waals surface area (Å²) in [5, 5.41) is 27.9. The lowest BCUT2D eigenvalue weighted by Crippen LogP contribution is -2.35. The summed E-state index contributed by atoms with van der Waals surface area (Å²) in [7, 11) is 4.09. The molecule has 0 bridgehead atoms. The number of benzene rings is 6. The van der Waals surface area contributed by atoms with Crippen LogP contribution >= 0.6 is 46.4 Å². The van der Waals surface area contributed by atoms with Crippen molar-refractivity contribution in [3.8, 4) is 46.2 Å². The Morgan fingerprint density at radius 3 is 1.08 bits per heavy atom. The van der Waals surface area contributed by atoms with Gasteiger partial charge in [0, 0.05) is 22.2 Å². The molecule has 0 saturated heterocycles. The zero-order valence-corrected chi connectivity index (χ0v) is 65.5. The van der Waals surface area contributed by atoms with Gasteiger partial charge in [0.05, 0.1) is 78.5 Å². The Labute approximate surface area is 627 Å². The lowest BCUT2D eigenvalue weighted by Gasteiger charge is -2.31. The highest BCUT2D eigenvalue weighted by Gasteiger charge is 2.32. The first-order valence-electron chi connectivity index (χ1n) is 36.1. The van der Waals surface area contributed by atoms with E-state index in [9.17, 15) is 10.5 Å². The Balaban J connectivity index is 1.28. The van der Waals surface area contributed by atoms with Crippen molar-refractivity contribution in [3.05, 3.63) is 188 Å². The molecule has 16 heteroatoms. The summed E-state index contributed by atoms with van der Waals surface area (Å²) >= 11 is 26.7. The number of aromatic nitrogens is 6. The largest absolute Gasteiger partial charge is 0.493 e. The fourth-order valence-electron chi connectivity index (χ4n) is 15.3. The van der Waals surface area contributed by atoms with E-state index in [1.807, 2.05) is 99.8 Å². The van der Waals surface area contributed by atoms with Crippen LogP contribution in [-0.4, -0.2) is 56.9 Å². The van der Waals surface area contributed by atoms with Gasteiger partial charge in [0.15, 0.2) is 0 Å². The molecule has 4 aromatic heterocycles. The van der Waals surface area contributed by atoms with E-state index in [-0.39, 0.29) is 44.2 Å². The molecule has 0 aliphatic heterocycles. The summed E-state index contributed by atoms with van der Waals surface area (Å²) in [5.41, 5.74) is 8.15. The Morgan fingerprint density at radius 1 is 0.441 bits per heavy atom. The molecule has 0 amide bonds. The van der Waals surface area contributed by atoms with E-state index >= 15 is 0 Å². The van der Waals surface area contributed by atoms with Crippen molar-refractivity contribution >= 4 is 116 Å². The van der Waals surface area contributed by atoms with Crippen LogP contribution in [0.5, 0.6) is 11.5 Å². The second-order valence-corrected chi connectivity index (χ2v) is 35.2. The predicted molar refractivity (Wildman–Crippen MR) is 429 cm³/mol. The lowest BCUT2D eigenvalue weighted by molar-refractivity contribution is 0.147. The molecule has 6 aromatic carbocycles. The number of rotatable bonds is 26. The van der Waals surface area contributed by atoms with Crippen molar-refractivity contribution in [2.24, 2.45) is 57.2 Å². The molecule has 4 heterocycles. The van der Waals surface area contributed by atoms with Gasteiger partial charge in [-0.2, -0.15) is 10.5 Å². The second-order valence-electron chi connectivity index (χ2n) is 33.5. The van der Waals surface area contributed by atoms with Crippen LogP contribution in [0.1, 0.15) is 174 Å². The van der Waals surface area contributed by atoms with Gasteiger partial charge in [0.1, 0.15) is 46.2 Å². The van der Waals surface area contributed by atoms with Crippen LogP contribution in [0, 0.1) is 79.8 Å². The fourth-order valence-corrected chi connectivity index (χ4v) is 15.9. The number of hydrogen-bond acceptors (Lipinski definition) is 8. The molecule has 2 radical (unpaired) electrons. The van der Waals surface area contributed by atoms with Crippen molar-refractivity contribution in [1.82, 2.24) is 28.9 Å². The topological polar surface area (TPSA) is 127 Å². The minimum Gasteiger partial charge on any atom is -0.493 e. The third kappa shape index (κ3) is 19.6. The van der Waals surface area contributed by atoms with Gasteiger partial charge < -0.3 is 18.4 Å². The van der Waals surface area contributed by atoms with E-state index in [1.165, 1.54) is 0 Å². The Kier molecular flexibility index (Phi) is 24.6. The van der Waals surface area contributed by atoms with Crippen molar-refractivity contribution < 1.29 is 9.47 Å². The minimum absolute atomic E-state index is 0.150. The van der Waals surface area contributed by atoms with Gasteiger partial charge in [0.2, 0.25) is 0 Å². The van der Waals surface area contributed by atoms with Crippen LogP contribution < -0.4 is 31.1 Å². The van der Waals surface area contributed by atoms with E-state index in [0.717, 1.165) is 84.9 Å². The van der Waals surface area contributed by atoms with Gasteiger partial charge in [0.25, 0.3) is 14.8 Å². The predicted octanol–water partition coefficient (Wildman–Crippen LogP) is 21.1. The van der Waals surface area contributed by atoms with Crippen LogP contribution in [0.15, 0.2) is 146 Å². The SMILES string of the molecule is CC(CCC(COc1ccc(-c2c3/c(=C(\C#N)c4cnc5cc(Cl)c(Cl)cc5n4)n([B]c4ccccc4)c(-c4ccc(OCC(CCC(C)CC(C)(C)C)C(C)CC(C)(C)C)cc4)c3/c(=C(\C#N)c3cnc4cc(Cl)c(Cl)cc4n3)n2[B]c2ccccc2)cc1)C(C)CC(C)(C)C)CC(C)(C)C. The zero-order valence-electron chi connectivity index (χ0n) is 62.5. The highest BCUT2D eigenvalue weighted by atomic mass is 35.5. The Bertz CT molecular complexity index is 4500. The number of nitrogens with zero attached hydrogens (tertiary/aromatic N) is 8. The number of hydrogen-bond donors (Lipinski definition) is 0. The van der Waals surface area contributed by atoms with Gasteiger partial charge >= 0.3 is 0 Å². The molecule has 6 unspecified atom stereocenters. The molecule has 10 aromatic rings. The summed E-state index contributed by atoms with van der Waals surface area (Å²) in [6.45, 7) is 38.6. The standard InChI is InChI=1S/C86H98B2Cl4N8O2/c1-53(43-83(5,6)7)27-29-59(55(3)45-85(11,12)13)51-101-63-35-31-57(32-36-63)79-77-78(82(99(79)87-61-23-19-17-20-24-61)66(48-94)76-50-96-72-40-68(90)70(92)42-74(72)98-76)80(58-33-37-64(38-34-58)102-52-60(56(4)46-86(14,15)16)30-28-54(2)44-84(8,9)10)100(88-62-25-21-18-22-26-62)81(77)65(47-93)75-49-95-71-39-67(89)69(91)41-73(71)97-75/h17-26,31-42,49-50,53-56,59-60H,27-30,43-46,51-52H2,1-16H3/b81-65-,82-66-. The van der Waals surface area contributed by atoms with Gasteiger partial charge in [-0.05, 0) is 180 Å². The first-order valence-corrected chi connectivity index (χ1v) is 37.6. The lowest BCUT2D eigenvalue weighted by atomic mass is 9.76. The van der Waals surface area contributed by atoms with E-state index in [1.54, 1.807) is 36.7 Å². The number of nitriles is 2. The number of halogens is 4. The maximum atomic E-state index is 12.2. The van der Waals surface area contributed by atoms with Crippen molar-refractivity contribution in [2.75, 3.05) is 13.2 Å². The third-order valence-corrected chi connectivity index (χ3v) is 20.8. The van der Waals surface area contributed by atoms with Crippen LogP contribution in [0.4, 0.5) is 0 Å². The highest BCUT2D eigenvalue weighted by Crippen LogP contribution is 2.41. The molecule has 102 heavy (non-hydrogen) atoms. The third-order valence-electron chi connectivity index (χ3n) is 19.3. The molecular formula is C86H98B2Cl4N8O2. The maximum Gasteiger partial charge on any atom is 0.291 e. The summed E-state index contributed by atoms with van der Waals surface area (Å²) in [6.07, 6.45) is 12.0. The van der Waals surface area contributed by atoms with Crippen LogP contribution in [0.2, 0.25) is 20.1 Å². The molecule has 0 aliphatic carbocycles. The summed E-state index contributed by atoms with van der Waals surface area (Å²) in [4.78, 5) is 20.2. The average molecular weight is 1440 g/mol. The van der Waals surface area contributed by atoms with Crippen LogP contribution in [-0.2, 0) is 0 Å². The summed E-state index contributed by atoms with van der Waals surface area (Å²) in [6, 6.07) is 48.6. The normalized spacial score (nSPS) is 14.7. The molecule has 0 aliphatic rings. The fraction of sp³-hybridized carbons (Fsp3) is 0.419. The van der Waals surface area contributed by atoms with Crippen LogP contribution in [0.25, 0.3) is 66.5 Å². The average Bonchev–Trinajstić information content (AvgIpc) is 1.52. The smallest absolute Gasteiger partial charge is 0.291 e. The first-order chi connectivity index (χ1) is 48.2. The first kappa shape index (κ1) is 77.1. The van der Waals surface area contributed by atoms with Gasteiger partial charge in [-0.25, -0.2) is 9.97 Å². The summed E-state index contributed by atoms with van der Waals surface area (Å²) in [5.74, 6) is 4.08. The highest BCUT2D eigenvalue weighted by molar-refractivity contribution is 6.54. The maximum absolute atomic E-state index is 12.2. The molecule has 0 saturated carbocycles. The van der Waals surface area contributed by atoms with E-state index < -0.39 is 0 Å². The van der Waals surface area contributed by atoms with Crippen molar-refractivity contribution in [3.63, 3.8) is 0 Å². The molecule has 0 spiro atoms. The Morgan fingerprint density at radius 2 is 0.765 bits per heavy atom. The van der Waals surface area contributed by atoms with E-state index in [4.69, 9.17) is 75.8 Å². The van der Waals surface area contributed by atoms with E-state index in [0.29, 0.717) is 124 Å². The summed E-state index contributed by atoms with van der Waals surface area (Å²) < 4.78 is 18.1. The molecule has 0 N–H and O–H groups in total. The monoisotopic (exact) mass is 1440 g/mol. The molecular weight excluding hydrogens is 1340 g/mol. The van der Waals surface area contributed by atoms with Gasteiger partial charge in [-0.15, -0.1) is 0 Å². The van der Waals surface area contributed by atoms with Gasteiger partial charge in [-0.3, -0.25) is 9.97 Å². The Hall–Kier alpha value is -7.57. The number of ether oxygens (including phenoxy) is 2. The quantitative estimate of drug-likeness (QED) is 0.0491. The molecule has 528 valence electrons. The molecule has 10 nitrogen and oxygen atoms in total. The molecule has 6 atom stereocenters. The van der Waals surface area contributed by atoms with Crippen LogP contribution in [0.3, 0.4) is 0 Å². The molecule has 0 fully saturated rings. The van der Waals surface area contributed by atoms with Crippen molar-refractivity contribution in [1.29, 1.82) is 10.5 Å². The zero-order chi connectivity index (χ0) is 73.6. The van der Waals surface area contributed by atoms with E-state index in [2.05, 4.69) is 156 Å². The second kappa shape index (κ2) is 32.6.